The molecule has 0 aliphatic heterocycles. The van der Waals surface area contributed by atoms with Gasteiger partial charge in [0, 0.05) is 24.3 Å². The number of carbonyl (C=O) groups excluding carboxylic acids is 2. The summed E-state index contributed by atoms with van der Waals surface area (Å²) in [5.74, 6) is 0.294. The number of amides is 1. The number of rotatable bonds is 6. The molecule has 1 amide bonds. The molecule has 0 saturated heterocycles. The maximum atomic E-state index is 13.2. The molecular formula is C23H27N3O3S. The summed E-state index contributed by atoms with van der Waals surface area (Å²) in [6.45, 7) is 6.36. The Kier molecular flexibility index (Phi) is 6.12. The number of hydrogen-bond acceptors (Lipinski definition) is 5. The van der Waals surface area contributed by atoms with E-state index < -0.39 is 0 Å². The molecule has 0 spiro atoms. The largest absolute Gasteiger partial charge is 0.492 e. The minimum Gasteiger partial charge on any atom is -0.492 e. The first-order chi connectivity index (χ1) is 14.2. The highest BCUT2D eigenvalue weighted by molar-refractivity contribution is 7.99. The van der Waals surface area contributed by atoms with Gasteiger partial charge in [-0.05, 0) is 35.2 Å². The van der Waals surface area contributed by atoms with Gasteiger partial charge >= 0.3 is 0 Å². The van der Waals surface area contributed by atoms with Crippen molar-refractivity contribution >= 4 is 46.4 Å². The topological polar surface area (TPSA) is 72.4 Å². The Bertz CT molecular complexity index is 1110. The lowest BCUT2D eigenvalue weighted by atomic mass is 9.86. The Morgan fingerprint density at radius 3 is 2.47 bits per heavy atom. The number of para-hydroxylation sites is 1. The fourth-order valence-electron chi connectivity index (χ4n) is 3.51. The highest BCUT2D eigenvalue weighted by Crippen LogP contribution is 2.39. The summed E-state index contributed by atoms with van der Waals surface area (Å²) in [4.78, 5) is 24.6. The molecule has 158 valence electrons. The zero-order valence-electron chi connectivity index (χ0n) is 18.1. The summed E-state index contributed by atoms with van der Waals surface area (Å²) in [6.07, 6.45) is 2.74. The van der Waals surface area contributed by atoms with E-state index in [9.17, 15) is 9.59 Å². The highest BCUT2D eigenvalue weighted by atomic mass is 32.2. The van der Waals surface area contributed by atoms with E-state index in [-0.39, 0.29) is 11.3 Å². The van der Waals surface area contributed by atoms with Crippen LogP contribution in [0, 0.1) is 0 Å². The monoisotopic (exact) mass is 425 g/mol. The van der Waals surface area contributed by atoms with E-state index in [0.717, 1.165) is 28.4 Å². The summed E-state index contributed by atoms with van der Waals surface area (Å²) in [6, 6.07) is 11.2. The summed E-state index contributed by atoms with van der Waals surface area (Å²) in [5.41, 5.74) is 4.09. The maximum Gasteiger partial charge on any atom is 0.272 e. The quantitative estimate of drug-likeness (QED) is 0.417. The van der Waals surface area contributed by atoms with Crippen LogP contribution in [0.15, 0.2) is 36.4 Å². The summed E-state index contributed by atoms with van der Waals surface area (Å²) < 4.78 is 10.6. The van der Waals surface area contributed by atoms with Crippen LogP contribution in [0.4, 0.5) is 11.4 Å². The van der Waals surface area contributed by atoms with Gasteiger partial charge in [0.25, 0.3) is 5.91 Å². The van der Waals surface area contributed by atoms with E-state index in [1.807, 2.05) is 30.5 Å². The van der Waals surface area contributed by atoms with Gasteiger partial charge in [0.15, 0.2) is 12.0 Å². The molecule has 1 heterocycles. The number of aromatic nitrogens is 1. The van der Waals surface area contributed by atoms with Crippen LogP contribution in [0.25, 0.3) is 10.9 Å². The number of nitrogens with zero attached hydrogens (tertiary/aromatic N) is 1. The van der Waals surface area contributed by atoms with Crippen LogP contribution in [0.3, 0.4) is 0 Å². The Morgan fingerprint density at radius 2 is 1.87 bits per heavy atom. The average molecular weight is 426 g/mol. The highest BCUT2D eigenvalue weighted by Gasteiger charge is 2.22. The number of carbonyl (C=O) groups is 2. The lowest BCUT2D eigenvalue weighted by molar-refractivity contribution is 0.101. The summed E-state index contributed by atoms with van der Waals surface area (Å²) >= 11 is 1.46. The van der Waals surface area contributed by atoms with Gasteiger partial charge in [0.1, 0.15) is 5.69 Å². The number of aldehydes is 1. The third-order valence-electron chi connectivity index (χ3n) is 5.07. The molecule has 3 rings (SSSR count). The third kappa shape index (κ3) is 4.03. The summed E-state index contributed by atoms with van der Waals surface area (Å²) in [5, 5.41) is 3.85. The maximum absolute atomic E-state index is 13.2. The van der Waals surface area contributed by atoms with Crippen LogP contribution in [-0.4, -0.2) is 30.1 Å². The second-order valence-corrected chi connectivity index (χ2v) is 8.72. The van der Waals surface area contributed by atoms with Gasteiger partial charge in [-0.15, -0.1) is 0 Å². The number of aryl methyl sites for hydroxylation is 1. The van der Waals surface area contributed by atoms with E-state index in [2.05, 4.69) is 30.8 Å². The van der Waals surface area contributed by atoms with E-state index in [1.165, 1.54) is 11.9 Å². The number of benzene rings is 2. The van der Waals surface area contributed by atoms with Crippen LogP contribution in [0.5, 0.6) is 5.75 Å². The number of nitrogens with one attached hydrogen (secondary N) is 2. The summed E-state index contributed by atoms with van der Waals surface area (Å²) in [7, 11) is 3.37. The minimum absolute atomic E-state index is 0.112. The van der Waals surface area contributed by atoms with Gasteiger partial charge in [-0.3, -0.25) is 9.59 Å². The number of hydrogen-bond donors (Lipinski definition) is 2. The first-order valence-corrected chi connectivity index (χ1v) is 10.8. The third-order valence-corrected chi connectivity index (χ3v) is 5.49. The molecule has 30 heavy (non-hydrogen) atoms. The average Bonchev–Trinajstić information content (AvgIpc) is 3.04. The molecular weight excluding hydrogens is 398 g/mol. The molecule has 2 N–H and O–H groups in total. The van der Waals surface area contributed by atoms with Crippen molar-refractivity contribution in [3.05, 3.63) is 53.2 Å². The lowest BCUT2D eigenvalue weighted by Crippen LogP contribution is -2.18. The second-order valence-electron chi connectivity index (χ2n) is 8.11. The predicted octanol–water partition coefficient (Wildman–Crippen LogP) is 5.24. The van der Waals surface area contributed by atoms with Gasteiger partial charge in [-0.2, -0.15) is 0 Å². The van der Waals surface area contributed by atoms with E-state index in [0.29, 0.717) is 22.7 Å². The molecule has 0 fully saturated rings. The Morgan fingerprint density at radius 1 is 1.17 bits per heavy atom. The first-order valence-electron chi connectivity index (χ1n) is 9.57. The molecule has 6 nitrogen and oxygen atoms in total. The SMILES string of the molecule is COc1c(NSC)cc(C(C)(C)C)cc1NC(=O)c1cc2cccc(C=O)c2n1C. The molecule has 2 aromatic carbocycles. The molecule has 0 aliphatic carbocycles. The van der Waals surface area contributed by atoms with Crippen molar-refractivity contribution in [3.8, 4) is 5.75 Å². The van der Waals surface area contributed by atoms with E-state index in [4.69, 9.17) is 4.74 Å². The molecule has 0 saturated carbocycles. The number of anilines is 2. The molecule has 0 atom stereocenters. The van der Waals surface area contributed by atoms with Crippen LogP contribution in [-0.2, 0) is 12.5 Å². The van der Waals surface area contributed by atoms with Crippen molar-refractivity contribution in [1.82, 2.24) is 4.57 Å². The minimum atomic E-state index is -0.273. The smallest absolute Gasteiger partial charge is 0.272 e. The number of fused-ring (bicyclic) bond motifs is 1. The Balaban J connectivity index is 2.08. The standard InChI is InChI=1S/C23H27N3O3S/c1-23(2,3)16-11-17(21(29-5)18(12-16)25-30-6)24-22(28)19-10-14-8-7-9-15(13-27)20(14)26(19)4/h7-13,25H,1-6H3,(H,24,28). The van der Waals surface area contributed by atoms with Crippen molar-refractivity contribution in [2.75, 3.05) is 23.4 Å². The molecule has 0 bridgehead atoms. The van der Waals surface area contributed by atoms with Crippen LogP contribution in [0.2, 0.25) is 0 Å². The van der Waals surface area contributed by atoms with Gasteiger partial charge in [0.2, 0.25) is 0 Å². The molecule has 1 aromatic heterocycles. The Hall–Kier alpha value is -2.93. The fraction of sp³-hybridized carbons (Fsp3) is 0.304. The van der Waals surface area contributed by atoms with Gasteiger partial charge in [-0.1, -0.05) is 44.9 Å². The molecule has 3 aromatic rings. The van der Waals surface area contributed by atoms with Crippen LogP contribution < -0.4 is 14.8 Å². The van der Waals surface area contributed by atoms with Crippen molar-refractivity contribution in [2.45, 2.75) is 26.2 Å². The van der Waals surface area contributed by atoms with Crippen molar-refractivity contribution in [3.63, 3.8) is 0 Å². The number of ether oxygens (including phenoxy) is 1. The fourth-order valence-corrected chi connectivity index (χ4v) is 3.88. The molecule has 0 aliphatic rings. The van der Waals surface area contributed by atoms with Crippen LogP contribution >= 0.6 is 11.9 Å². The van der Waals surface area contributed by atoms with E-state index in [1.54, 1.807) is 30.9 Å². The lowest BCUT2D eigenvalue weighted by Gasteiger charge is -2.24. The van der Waals surface area contributed by atoms with Gasteiger partial charge in [-0.25, -0.2) is 0 Å². The zero-order valence-corrected chi connectivity index (χ0v) is 18.9. The van der Waals surface area contributed by atoms with Crippen molar-refractivity contribution < 1.29 is 14.3 Å². The van der Waals surface area contributed by atoms with Crippen molar-refractivity contribution in [1.29, 1.82) is 0 Å². The van der Waals surface area contributed by atoms with Gasteiger partial charge in [0.05, 0.1) is 24.0 Å². The second kappa shape index (κ2) is 8.44. The number of methoxy groups -OCH3 is 1. The normalized spacial score (nSPS) is 11.4. The molecule has 7 heteroatoms. The first kappa shape index (κ1) is 21.8. The van der Waals surface area contributed by atoms with Gasteiger partial charge < -0.3 is 19.3 Å². The molecule has 0 unspecified atom stereocenters. The Labute approximate surface area is 181 Å². The predicted molar refractivity (Wildman–Crippen MR) is 125 cm³/mol. The van der Waals surface area contributed by atoms with Crippen LogP contribution in [0.1, 0.15) is 47.2 Å². The van der Waals surface area contributed by atoms with Crippen molar-refractivity contribution in [2.24, 2.45) is 7.05 Å². The van der Waals surface area contributed by atoms with E-state index >= 15 is 0 Å². The molecule has 0 radical (unpaired) electrons. The zero-order chi connectivity index (χ0) is 22.1.